The van der Waals surface area contributed by atoms with Gasteiger partial charge in [-0.15, -0.1) is 0 Å². The van der Waals surface area contributed by atoms with Gasteiger partial charge in [0.2, 0.25) is 0 Å². The van der Waals surface area contributed by atoms with Crippen LogP contribution in [0, 0.1) is 0 Å². The number of nitrogens with one attached hydrogen (secondary N) is 1. The van der Waals surface area contributed by atoms with Crippen molar-refractivity contribution in [3.05, 3.63) is 24.3 Å². The third-order valence-corrected chi connectivity index (χ3v) is 3.41. The molecule has 1 aliphatic heterocycles. The van der Waals surface area contributed by atoms with Crippen LogP contribution in [-0.2, 0) is 19.1 Å². The second kappa shape index (κ2) is 9.77. The standard InChI is InChI=1S/C17H23NO6/c1-2-21-13-5-7-14(8-6-13)23-12-17(20)24-11-16(19)18-10-15-4-3-9-22-15/h5-8,15H,2-4,9-12H2,1H3,(H,18,19)/t15-/m1/s1. The van der Waals surface area contributed by atoms with Gasteiger partial charge in [-0.2, -0.15) is 0 Å². The number of rotatable bonds is 9. The number of carbonyl (C=O) groups excluding carboxylic acids is 2. The number of carbonyl (C=O) groups is 2. The second-order valence-electron chi connectivity index (χ2n) is 5.29. The molecule has 1 aromatic rings. The van der Waals surface area contributed by atoms with E-state index in [2.05, 4.69) is 5.32 Å². The van der Waals surface area contributed by atoms with Crippen LogP contribution in [0.4, 0.5) is 0 Å². The Kier molecular flexibility index (Phi) is 7.35. The van der Waals surface area contributed by atoms with E-state index in [1.165, 1.54) is 0 Å². The summed E-state index contributed by atoms with van der Waals surface area (Å²) in [4.78, 5) is 23.2. The van der Waals surface area contributed by atoms with E-state index in [9.17, 15) is 9.59 Å². The molecule has 0 aromatic heterocycles. The fraction of sp³-hybridized carbons (Fsp3) is 0.529. The van der Waals surface area contributed by atoms with Gasteiger partial charge < -0.3 is 24.3 Å². The first-order valence-electron chi connectivity index (χ1n) is 8.07. The Bertz CT molecular complexity index is 524. The molecule has 1 aromatic carbocycles. The lowest BCUT2D eigenvalue weighted by Crippen LogP contribution is -2.35. The van der Waals surface area contributed by atoms with Crippen molar-refractivity contribution in [2.75, 3.05) is 33.0 Å². The van der Waals surface area contributed by atoms with Gasteiger partial charge in [0.25, 0.3) is 5.91 Å². The van der Waals surface area contributed by atoms with Crippen molar-refractivity contribution in [1.82, 2.24) is 5.32 Å². The van der Waals surface area contributed by atoms with Gasteiger partial charge in [0.1, 0.15) is 11.5 Å². The summed E-state index contributed by atoms with van der Waals surface area (Å²) < 4.78 is 20.9. The fourth-order valence-corrected chi connectivity index (χ4v) is 2.21. The molecule has 1 aliphatic rings. The van der Waals surface area contributed by atoms with E-state index in [1.807, 2.05) is 6.92 Å². The predicted molar refractivity (Wildman–Crippen MR) is 86.0 cm³/mol. The van der Waals surface area contributed by atoms with E-state index in [0.29, 0.717) is 18.9 Å². The molecule has 1 fully saturated rings. The maximum absolute atomic E-state index is 11.6. The number of hydrogen-bond acceptors (Lipinski definition) is 6. The summed E-state index contributed by atoms with van der Waals surface area (Å²) in [6.45, 7) is 3.08. The molecule has 1 heterocycles. The van der Waals surface area contributed by atoms with Gasteiger partial charge in [-0.1, -0.05) is 0 Å². The topological polar surface area (TPSA) is 83.1 Å². The number of amides is 1. The van der Waals surface area contributed by atoms with Crippen molar-refractivity contribution in [3.63, 3.8) is 0 Å². The van der Waals surface area contributed by atoms with Crippen LogP contribution in [0.15, 0.2) is 24.3 Å². The minimum absolute atomic E-state index is 0.0626. The van der Waals surface area contributed by atoms with Crippen LogP contribution < -0.4 is 14.8 Å². The van der Waals surface area contributed by atoms with Crippen molar-refractivity contribution in [1.29, 1.82) is 0 Å². The van der Waals surface area contributed by atoms with Gasteiger partial charge in [-0.25, -0.2) is 4.79 Å². The molecular formula is C17H23NO6. The highest BCUT2D eigenvalue weighted by Crippen LogP contribution is 2.17. The SMILES string of the molecule is CCOc1ccc(OCC(=O)OCC(=O)NC[C@H]2CCCO2)cc1. The molecule has 1 atom stereocenters. The average molecular weight is 337 g/mol. The molecule has 0 radical (unpaired) electrons. The Hall–Kier alpha value is -2.28. The van der Waals surface area contributed by atoms with Crippen molar-refractivity contribution < 1.29 is 28.5 Å². The highest BCUT2D eigenvalue weighted by Gasteiger charge is 2.16. The third-order valence-electron chi connectivity index (χ3n) is 3.41. The van der Waals surface area contributed by atoms with Crippen LogP contribution in [0.3, 0.4) is 0 Å². The Balaban J connectivity index is 1.59. The monoisotopic (exact) mass is 337 g/mol. The lowest BCUT2D eigenvalue weighted by molar-refractivity contribution is -0.150. The van der Waals surface area contributed by atoms with Crippen LogP contribution in [0.1, 0.15) is 19.8 Å². The van der Waals surface area contributed by atoms with Crippen LogP contribution in [0.5, 0.6) is 11.5 Å². The molecule has 132 valence electrons. The number of hydrogen-bond donors (Lipinski definition) is 1. The molecule has 0 spiro atoms. The van der Waals surface area contributed by atoms with E-state index >= 15 is 0 Å². The van der Waals surface area contributed by atoms with Gasteiger partial charge >= 0.3 is 5.97 Å². The van der Waals surface area contributed by atoms with Gasteiger partial charge in [0, 0.05) is 13.2 Å². The molecule has 2 rings (SSSR count). The van der Waals surface area contributed by atoms with Crippen molar-refractivity contribution in [2.45, 2.75) is 25.9 Å². The van der Waals surface area contributed by atoms with E-state index in [0.717, 1.165) is 25.2 Å². The number of ether oxygens (including phenoxy) is 4. The Morgan fingerprint density at radius 3 is 2.50 bits per heavy atom. The Morgan fingerprint density at radius 2 is 1.88 bits per heavy atom. The smallest absolute Gasteiger partial charge is 0.344 e. The Labute approximate surface area is 141 Å². The zero-order chi connectivity index (χ0) is 17.2. The van der Waals surface area contributed by atoms with Gasteiger partial charge in [-0.3, -0.25) is 4.79 Å². The molecule has 1 amide bonds. The zero-order valence-corrected chi connectivity index (χ0v) is 13.8. The van der Waals surface area contributed by atoms with E-state index in [4.69, 9.17) is 18.9 Å². The quantitative estimate of drug-likeness (QED) is 0.684. The predicted octanol–water partition coefficient (Wildman–Crippen LogP) is 1.30. The summed E-state index contributed by atoms with van der Waals surface area (Å²) in [6, 6.07) is 6.91. The summed E-state index contributed by atoms with van der Waals surface area (Å²) in [5.41, 5.74) is 0. The average Bonchev–Trinajstić information content (AvgIpc) is 3.11. The fourth-order valence-electron chi connectivity index (χ4n) is 2.21. The van der Waals surface area contributed by atoms with Crippen LogP contribution in [0.25, 0.3) is 0 Å². The first kappa shape index (κ1) is 18.1. The van der Waals surface area contributed by atoms with E-state index in [-0.39, 0.29) is 25.2 Å². The molecule has 24 heavy (non-hydrogen) atoms. The summed E-state index contributed by atoms with van der Waals surface area (Å²) >= 11 is 0. The summed E-state index contributed by atoms with van der Waals surface area (Å²) in [6.07, 6.45) is 2.02. The van der Waals surface area contributed by atoms with Gasteiger partial charge in [-0.05, 0) is 44.0 Å². The molecule has 0 saturated carbocycles. The number of esters is 1. The molecule has 1 saturated heterocycles. The molecular weight excluding hydrogens is 314 g/mol. The third kappa shape index (κ3) is 6.45. The lowest BCUT2D eigenvalue weighted by atomic mass is 10.2. The molecule has 0 unspecified atom stereocenters. The van der Waals surface area contributed by atoms with Gasteiger partial charge in [0.05, 0.1) is 12.7 Å². The normalized spacial score (nSPS) is 16.5. The van der Waals surface area contributed by atoms with Crippen molar-refractivity contribution in [3.8, 4) is 11.5 Å². The zero-order valence-electron chi connectivity index (χ0n) is 13.8. The van der Waals surface area contributed by atoms with Crippen LogP contribution in [0.2, 0.25) is 0 Å². The highest BCUT2D eigenvalue weighted by molar-refractivity contribution is 5.80. The summed E-state index contributed by atoms with van der Waals surface area (Å²) in [5, 5.41) is 2.68. The maximum Gasteiger partial charge on any atom is 0.344 e. The van der Waals surface area contributed by atoms with Crippen molar-refractivity contribution >= 4 is 11.9 Å². The number of benzene rings is 1. The summed E-state index contributed by atoms with van der Waals surface area (Å²) in [5.74, 6) is 0.310. The van der Waals surface area contributed by atoms with E-state index in [1.54, 1.807) is 24.3 Å². The lowest BCUT2D eigenvalue weighted by Gasteiger charge is -2.11. The molecule has 7 nitrogen and oxygen atoms in total. The second-order valence-corrected chi connectivity index (χ2v) is 5.29. The van der Waals surface area contributed by atoms with Crippen LogP contribution in [-0.4, -0.2) is 51.0 Å². The minimum Gasteiger partial charge on any atom is -0.494 e. The maximum atomic E-state index is 11.6. The van der Waals surface area contributed by atoms with Crippen LogP contribution >= 0.6 is 0 Å². The molecule has 7 heteroatoms. The largest absolute Gasteiger partial charge is 0.494 e. The molecule has 0 aliphatic carbocycles. The Morgan fingerprint density at radius 1 is 1.17 bits per heavy atom. The van der Waals surface area contributed by atoms with Crippen molar-refractivity contribution in [2.24, 2.45) is 0 Å². The highest BCUT2D eigenvalue weighted by atomic mass is 16.6. The minimum atomic E-state index is -0.601. The molecule has 0 bridgehead atoms. The molecule has 1 N–H and O–H groups in total. The summed E-state index contributed by atoms with van der Waals surface area (Å²) in [7, 11) is 0. The first-order chi connectivity index (χ1) is 11.7. The first-order valence-corrected chi connectivity index (χ1v) is 8.07. The van der Waals surface area contributed by atoms with Gasteiger partial charge in [0.15, 0.2) is 13.2 Å². The van der Waals surface area contributed by atoms with E-state index < -0.39 is 5.97 Å².